The first-order valence-corrected chi connectivity index (χ1v) is 10.3. The maximum Gasteiger partial charge on any atom is 0.240 e. The monoisotopic (exact) mass is 442 g/mol. The number of ketones is 1. The molecule has 0 radical (unpaired) electrons. The number of hydrogen-bond acceptors (Lipinski definition) is 6. The van der Waals surface area contributed by atoms with Crippen molar-refractivity contribution in [3.8, 4) is 0 Å². The molecule has 1 atom stereocenters. The van der Waals surface area contributed by atoms with Gasteiger partial charge in [0.1, 0.15) is 5.25 Å². The second kappa shape index (κ2) is 9.69. The number of hydrogen-bond donors (Lipinski definition) is 2. The summed E-state index contributed by atoms with van der Waals surface area (Å²) in [6, 6.07) is 13.8. The summed E-state index contributed by atoms with van der Waals surface area (Å²) >= 11 is 7.03. The molecule has 1 saturated heterocycles. The predicted molar refractivity (Wildman–Crippen MR) is 120 cm³/mol. The van der Waals surface area contributed by atoms with Crippen LogP contribution in [0.1, 0.15) is 36.2 Å². The van der Waals surface area contributed by atoms with E-state index in [4.69, 9.17) is 11.6 Å². The van der Waals surface area contributed by atoms with Crippen LogP contribution in [0.25, 0.3) is 0 Å². The van der Waals surface area contributed by atoms with Crippen LogP contribution in [0.4, 0.5) is 5.69 Å². The molecule has 0 aromatic heterocycles. The quantitative estimate of drug-likeness (QED) is 0.402. The Labute approximate surface area is 183 Å². The van der Waals surface area contributed by atoms with Crippen LogP contribution in [0.3, 0.4) is 0 Å². The minimum absolute atomic E-state index is 0.0281. The average Bonchev–Trinajstić information content (AvgIpc) is 3.06. The van der Waals surface area contributed by atoms with Gasteiger partial charge in [-0.25, -0.2) is 0 Å². The summed E-state index contributed by atoms with van der Waals surface area (Å²) in [7, 11) is 0. The summed E-state index contributed by atoms with van der Waals surface area (Å²) in [5, 5.41) is 13.9. The fourth-order valence-electron chi connectivity index (χ4n) is 2.65. The number of carbonyl (C=O) groups is 3. The summed E-state index contributed by atoms with van der Waals surface area (Å²) < 4.78 is 0. The Kier molecular flexibility index (Phi) is 7.02. The van der Waals surface area contributed by atoms with Crippen LogP contribution in [-0.2, 0) is 9.59 Å². The average molecular weight is 443 g/mol. The third kappa shape index (κ3) is 5.77. The second-order valence-corrected chi connectivity index (χ2v) is 8.21. The predicted octanol–water partition coefficient (Wildman–Crippen LogP) is 3.88. The second-order valence-electron chi connectivity index (χ2n) is 6.58. The number of anilines is 1. The number of benzene rings is 2. The van der Waals surface area contributed by atoms with E-state index in [0.717, 1.165) is 17.3 Å². The molecule has 2 amide bonds. The van der Waals surface area contributed by atoms with Crippen LogP contribution in [0, 0.1) is 0 Å². The van der Waals surface area contributed by atoms with Crippen molar-refractivity contribution in [1.29, 1.82) is 0 Å². The molecule has 0 spiro atoms. The molecule has 7 nitrogen and oxygen atoms in total. The molecule has 2 aromatic rings. The van der Waals surface area contributed by atoms with E-state index in [-0.39, 0.29) is 24.0 Å². The Morgan fingerprint density at radius 1 is 1.13 bits per heavy atom. The summed E-state index contributed by atoms with van der Waals surface area (Å²) in [6.07, 6.45) is -0.0281. The van der Waals surface area contributed by atoms with Gasteiger partial charge in [-0.1, -0.05) is 47.6 Å². The lowest BCUT2D eigenvalue weighted by Gasteiger charge is -2.08. The molecule has 0 saturated carbocycles. The molecule has 1 aliphatic heterocycles. The van der Waals surface area contributed by atoms with E-state index in [0.29, 0.717) is 27.2 Å². The van der Waals surface area contributed by atoms with Crippen molar-refractivity contribution in [2.45, 2.75) is 25.5 Å². The highest BCUT2D eigenvalue weighted by Gasteiger charge is 2.32. The van der Waals surface area contributed by atoms with Gasteiger partial charge in [0.05, 0.1) is 5.71 Å². The highest BCUT2D eigenvalue weighted by atomic mass is 35.5. The van der Waals surface area contributed by atoms with Gasteiger partial charge in [-0.2, -0.15) is 5.10 Å². The molecule has 0 bridgehead atoms. The molecule has 154 valence electrons. The third-order valence-corrected chi connectivity index (χ3v) is 5.58. The van der Waals surface area contributed by atoms with Gasteiger partial charge in [-0.3, -0.25) is 14.4 Å². The fourth-order valence-corrected chi connectivity index (χ4v) is 3.70. The fraction of sp³-hybridized carbons (Fsp3) is 0.190. The number of nitrogens with one attached hydrogen (secondary N) is 2. The molecule has 3 rings (SSSR count). The largest absolute Gasteiger partial charge is 0.326 e. The Balaban J connectivity index is 1.60. The lowest BCUT2D eigenvalue weighted by molar-refractivity contribution is -0.122. The van der Waals surface area contributed by atoms with Crippen molar-refractivity contribution in [3.63, 3.8) is 0 Å². The zero-order valence-electron chi connectivity index (χ0n) is 16.3. The van der Waals surface area contributed by atoms with Gasteiger partial charge >= 0.3 is 0 Å². The molecular weight excluding hydrogens is 424 g/mol. The van der Waals surface area contributed by atoms with E-state index < -0.39 is 5.25 Å². The first-order valence-electron chi connectivity index (χ1n) is 9.08. The van der Waals surface area contributed by atoms with Crippen LogP contribution >= 0.6 is 23.4 Å². The SMILES string of the molecule is CC(=O)c1cccc(NC(=O)CC2S/C(=N/N=C(C)c3ccc(Cl)cc3)NC2=O)c1. The Morgan fingerprint density at radius 2 is 1.87 bits per heavy atom. The van der Waals surface area contributed by atoms with Crippen LogP contribution in [0.5, 0.6) is 0 Å². The van der Waals surface area contributed by atoms with E-state index in [1.807, 2.05) is 12.1 Å². The third-order valence-electron chi connectivity index (χ3n) is 4.25. The number of Topliss-reactive ketones (excluding diaryl/α,β-unsaturated/α-hetero) is 1. The molecule has 30 heavy (non-hydrogen) atoms. The van der Waals surface area contributed by atoms with Crippen LogP contribution in [-0.4, -0.2) is 33.7 Å². The van der Waals surface area contributed by atoms with Gasteiger partial charge in [0, 0.05) is 22.7 Å². The molecule has 1 aliphatic rings. The van der Waals surface area contributed by atoms with Crippen LogP contribution in [0.15, 0.2) is 58.7 Å². The highest BCUT2D eigenvalue weighted by Crippen LogP contribution is 2.23. The van der Waals surface area contributed by atoms with Crippen LogP contribution in [0.2, 0.25) is 5.02 Å². The summed E-state index contributed by atoms with van der Waals surface area (Å²) in [4.78, 5) is 35.9. The number of carbonyl (C=O) groups excluding carboxylic acids is 3. The number of thioether (sulfide) groups is 1. The van der Waals surface area contributed by atoms with Gasteiger partial charge < -0.3 is 10.6 Å². The first-order chi connectivity index (χ1) is 14.3. The number of halogens is 1. The van der Waals surface area contributed by atoms with Crippen molar-refractivity contribution in [2.24, 2.45) is 10.2 Å². The maximum absolute atomic E-state index is 12.3. The Morgan fingerprint density at radius 3 is 2.57 bits per heavy atom. The molecular formula is C21H19ClN4O3S. The van der Waals surface area contributed by atoms with E-state index >= 15 is 0 Å². The van der Waals surface area contributed by atoms with Crippen LogP contribution < -0.4 is 10.6 Å². The summed E-state index contributed by atoms with van der Waals surface area (Å²) in [6.45, 7) is 3.26. The van der Waals surface area contributed by atoms with E-state index in [1.54, 1.807) is 43.3 Å². The van der Waals surface area contributed by atoms with Gasteiger partial charge in [-0.05, 0) is 43.7 Å². The zero-order chi connectivity index (χ0) is 21.7. The van der Waals surface area contributed by atoms with Crippen molar-refractivity contribution in [2.75, 3.05) is 5.32 Å². The van der Waals surface area contributed by atoms with Crippen molar-refractivity contribution in [3.05, 3.63) is 64.7 Å². The first kappa shape index (κ1) is 21.7. The summed E-state index contributed by atoms with van der Waals surface area (Å²) in [5.74, 6) is -0.719. The van der Waals surface area contributed by atoms with Gasteiger partial charge in [-0.15, -0.1) is 5.10 Å². The maximum atomic E-state index is 12.3. The van der Waals surface area contributed by atoms with Gasteiger partial charge in [0.25, 0.3) is 0 Å². The highest BCUT2D eigenvalue weighted by molar-refractivity contribution is 8.15. The molecule has 1 unspecified atom stereocenters. The number of rotatable bonds is 6. The Bertz CT molecular complexity index is 1050. The lowest BCUT2D eigenvalue weighted by Crippen LogP contribution is -2.28. The molecule has 0 aliphatic carbocycles. The van der Waals surface area contributed by atoms with Crippen molar-refractivity contribution < 1.29 is 14.4 Å². The topological polar surface area (TPSA) is 100.0 Å². The molecule has 2 aromatic carbocycles. The molecule has 9 heteroatoms. The van der Waals surface area contributed by atoms with Crippen molar-refractivity contribution >= 4 is 57.5 Å². The van der Waals surface area contributed by atoms with E-state index in [2.05, 4.69) is 20.8 Å². The lowest BCUT2D eigenvalue weighted by atomic mass is 10.1. The standard InChI is InChI=1S/C21H19ClN4O3S/c1-12(14-6-8-16(22)9-7-14)25-26-21-24-20(29)18(30-21)11-19(28)23-17-5-3-4-15(10-17)13(2)27/h3-10,18H,11H2,1-2H3,(H,23,28)(H,24,26,29). The zero-order valence-corrected chi connectivity index (χ0v) is 17.9. The Hall–Kier alpha value is -2.97. The van der Waals surface area contributed by atoms with Crippen molar-refractivity contribution in [1.82, 2.24) is 5.32 Å². The van der Waals surface area contributed by atoms with Gasteiger partial charge in [0.2, 0.25) is 11.8 Å². The minimum Gasteiger partial charge on any atom is -0.326 e. The van der Waals surface area contributed by atoms with E-state index in [9.17, 15) is 14.4 Å². The molecule has 1 fully saturated rings. The number of nitrogens with zero attached hydrogens (tertiary/aromatic N) is 2. The normalized spacial score (nSPS) is 17.7. The number of amidine groups is 1. The molecule has 2 N–H and O–H groups in total. The van der Waals surface area contributed by atoms with E-state index in [1.165, 1.54) is 6.92 Å². The number of amides is 2. The van der Waals surface area contributed by atoms with Gasteiger partial charge in [0.15, 0.2) is 11.0 Å². The smallest absolute Gasteiger partial charge is 0.240 e. The molecule has 1 heterocycles. The summed E-state index contributed by atoms with van der Waals surface area (Å²) in [5.41, 5.74) is 2.54. The minimum atomic E-state index is -0.606.